The predicted molar refractivity (Wildman–Crippen MR) is 141 cm³/mol. The monoisotopic (exact) mass is 510 g/mol. The Morgan fingerprint density at radius 3 is 2.89 bits per heavy atom. The first-order valence-corrected chi connectivity index (χ1v) is 13.6. The zero-order chi connectivity index (χ0) is 24.9. The fourth-order valence-electron chi connectivity index (χ4n) is 4.26. The highest BCUT2D eigenvalue weighted by atomic mass is 32.2. The maximum atomic E-state index is 12.9. The van der Waals surface area contributed by atoms with Gasteiger partial charge in [-0.2, -0.15) is 0 Å². The fourth-order valence-corrected chi connectivity index (χ4v) is 6.43. The van der Waals surface area contributed by atoms with Gasteiger partial charge in [0, 0.05) is 17.0 Å². The number of hydrogen-bond donors (Lipinski definition) is 1. The number of amides is 1. The van der Waals surface area contributed by atoms with Gasteiger partial charge in [0.25, 0.3) is 0 Å². The van der Waals surface area contributed by atoms with E-state index in [9.17, 15) is 9.59 Å². The molecule has 2 aromatic heterocycles. The van der Waals surface area contributed by atoms with Crippen molar-refractivity contribution in [1.82, 2.24) is 14.8 Å². The van der Waals surface area contributed by atoms with Gasteiger partial charge in [-0.05, 0) is 50.2 Å². The molecule has 1 N–H and O–H groups in total. The van der Waals surface area contributed by atoms with Crippen LogP contribution in [0.2, 0.25) is 0 Å². The van der Waals surface area contributed by atoms with Crippen LogP contribution in [-0.2, 0) is 28.9 Å². The molecule has 35 heavy (non-hydrogen) atoms. The number of benzene rings is 1. The molecule has 184 valence electrons. The zero-order valence-corrected chi connectivity index (χ0v) is 21.9. The number of carbonyl (C=O) groups excluding carboxylic acids is 2. The van der Waals surface area contributed by atoms with Gasteiger partial charge in [-0.1, -0.05) is 49.0 Å². The Labute approximate surface area is 214 Å². The van der Waals surface area contributed by atoms with E-state index in [0.29, 0.717) is 34.8 Å². The molecule has 0 saturated carbocycles. The van der Waals surface area contributed by atoms with Gasteiger partial charge >= 0.3 is 5.97 Å². The smallest absolute Gasteiger partial charge is 0.341 e. The van der Waals surface area contributed by atoms with Gasteiger partial charge in [-0.15, -0.1) is 28.1 Å². The topological polar surface area (TPSA) is 86.1 Å². The predicted octanol–water partition coefficient (Wildman–Crippen LogP) is 5.53. The Kier molecular flexibility index (Phi) is 8.07. The number of carbonyl (C=O) groups is 2. The summed E-state index contributed by atoms with van der Waals surface area (Å²) in [6, 6.07) is 8.00. The number of esters is 1. The van der Waals surface area contributed by atoms with E-state index in [2.05, 4.69) is 29.0 Å². The lowest BCUT2D eigenvalue weighted by Gasteiger charge is -2.18. The van der Waals surface area contributed by atoms with E-state index in [0.717, 1.165) is 41.8 Å². The number of rotatable bonds is 9. The van der Waals surface area contributed by atoms with Crippen LogP contribution in [0.25, 0.3) is 11.4 Å². The minimum Gasteiger partial charge on any atom is -0.462 e. The number of ether oxygens (including phenoxy) is 1. The molecular formula is C26H30N4O3S2. The number of hydrogen-bond acceptors (Lipinski definition) is 7. The van der Waals surface area contributed by atoms with Crippen molar-refractivity contribution in [2.45, 2.75) is 51.7 Å². The minimum absolute atomic E-state index is 0.143. The summed E-state index contributed by atoms with van der Waals surface area (Å²) in [6.45, 7) is 10.7. The van der Waals surface area contributed by atoms with Crippen LogP contribution in [0.4, 0.5) is 5.00 Å². The molecule has 0 radical (unpaired) electrons. The Bertz CT molecular complexity index is 1250. The average molecular weight is 511 g/mol. The molecule has 1 atom stereocenters. The highest BCUT2D eigenvalue weighted by Gasteiger charge is 2.29. The van der Waals surface area contributed by atoms with Crippen LogP contribution in [0, 0.1) is 12.8 Å². The van der Waals surface area contributed by atoms with E-state index in [-0.39, 0.29) is 17.6 Å². The van der Waals surface area contributed by atoms with Crippen LogP contribution in [-0.4, -0.2) is 39.0 Å². The molecular weight excluding hydrogens is 480 g/mol. The third-order valence-corrected chi connectivity index (χ3v) is 8.13. The van der Waals surface area contributed by atoms with Gasteiger partial charge in [0.2, 0.25) is 5.91 Å². The third-order valence-electron chi connectivity index (χ3n) is 5.99. The van der Waals surface area contributed by atoms with E-state index < -0.39 is 0 Å². The van der Waals surface area contributed by atoms with Crippen LogP contribution in [0.3, 0.4) is 0 Å². The van der Waals surface area contributed by atoms with Gasteiger partial charge in [0.1, 0.15) is 5.00 Å². The van der Waals surface area contributed by atoms with Crippen molar-refractivity contribution in [1.29, 1.82) is 0 Å². The molecule has 0 saturated heterocycles. The number of nitrogens with one attached hydrogen (secondary N) is 1. The first kappa shape index (κ1) is 25.2. The molecule has 3 aromatic rings. The molecule has 1 unspecified atom stereocenters. The fraction of sp³-hybridized carbons (Fsp3) is 0.385. The molecule has 2 heterocycles. The molecule has 0 aliphatic heterocycles. The van der Waals surface area contributed by atoms with Crippen LogP contribution in [0.15, 0.2) is 42.1 Å². The van der Waals surface area contributed by atoms with E-state index >= 15 is 0 Å². The highest BCUT2D eigenvalue weighted by Crippen LogP contribution is 2.40. The summed E-state index contributed by atoms with van der Waals surface area (Å²) < 4.78 is 7.27. The third kappa shape index (κ3) is 5.51. The maximum absolute atomic E-state index is 12.9. The quantitative estimate of drug-likeness (QED) is 0.231. The Hall–Kier alpha value is -2.91. The number of fused-ring (bicyclic) bond motifs is 1. The standard InChI is InChI=1S/C26H30N4O3S2/c1-5-13-30-23(18-10-8-7-9-17(18)4)28-29-26(30)34-15-21(31)27-24-22(25(32)33-6-2)19-12-11-16(3)14-20(19)35-24/h5,7-10,16H,1,6,11-15H2,2-4H3,(H,27,31). The van der Waals surface area contributed by atoms with Crippen molar-refractivity contribution in [3.8, 4) is 11.4 Å². The second-order valence-electron chi connectivity index (χ2n) is 8.63. The molecule has 0 spiro atoms. The van der Waals surface area contributed by atoms with Crippen molar-refractivity contribution in [2.24, 2.45) is 5.92 Å². The van der Waals surface area contributed by atoms with Gasteiger partial charge in [-0.25, -0.2) is 4.79 Å². The second kappa shape index (κ2) is 11.2. The van der Waals surface area contributed by atoms with E-state index in [1.807, 2.05) is 35.8 Å². The van der Waals surface area contributed by atoms with Crippen molar-refractivity contribution in [2.75, 3.05) is 17.7 Å². The molecule has 1 aliphatic carbocycles. The number of anilines is 1. The van der Waals surface area contributed by atoms with Crippen molar-refractivity contribution in [3.63, 3.8) is 0 Å². The van der Waals surface area contributed by atoms with Gasteiger partial charge in [0.15, 0.2) is 11.0 Å². The van der Waals surface area contributed by atoms with Crippen molar-refractivity contribution >= 4 is 40.0 Å². The molecule has 7 nitrogen and oxygen atoms in total. The second-order valence-corrected chi connectivity index (χ2v) is 10.7. The van der Waals surface area contributed by atoms with Crippen molar-refractivity contribution in [3.05, 3.63) is 58.5 Å². The lowest BCUT2D eigenvalue weighted by molar-refractivity contribution is -0.113. The number of thioether (sulfide) groups is 1. The van der Waals surface area contributed by atoms with Gasteiger partial charge in [0.05, 0.1) is 17.9 Å². The number of nitrogens with zero attached hydrogens (tertiary/aromatic N) is 3. The van der Waals surface area contributed by atoms with Crippen LogP contribution < -0.4 is 5.32 Å². The summed E-state index contributed by atoms with van der Waals surface area (Å²) in [5.41, 5.74) is 3.65. The molecule has 1 aliphatic rings. The van der Waals surface area contributed by atoms with E-state index in [1.165, 1.54) is 28.0 Å². The summed E-state index contributed by atoms with van der Waals surface area (Å²) >= 11 is 2.81. The first-order chi connectivity index (χ1) is 16.9. The molecule has 1 amide bonds. The highest BCUT2D eigenvalue weighted by molar-refractivity contribution is 7.99. The van der Waals surface area contributed by atoms with Crippen LogP contribution >= 0.6 is 23.1 Å². The number of thiophene rings is 1. The summed E-state index contributed by atoms with van der Waals surface area (Å²) in [5, 5.41) is 12.9. The average Bonchev–Trinajstić information content (AvgIpc) is 3.38. The SMILES string of the molecule is C=CCn1c(SCC(=O)Nc2sc3c(c2C(=O)OCC)CCC(C)C3)nnc1-c1ccccc1C. The summed E-state index contributed by atoms with van der Waals surface area (Å²) in [6.07, 6.45) is 4.57. The van der Waals surface area contributed by atoms with Crippen LogP contribution in [0.1, 0.15) is 46.6 Å². The number of aryl methyl sites for hydroxylation is 1. The maximum Gasteiger partial charge on any atom is 0.341 e. The Balaban J connectivity index is 1.52. The number of aromatic nitrogens is 3. The molecule has 0 bridgehead atoms. The lowest BCUT2D eigenvalue weighted by atomic mass is 9.88. The van der Waals surface area contributed by atoms with Crippen LogP contribution in [0.5, 0.6) is 0 Å². The van der Waals surface area contributed by atoms with Crippen molar-refractivity contribution < 1.29 is 14.3 Å². The van der Waals surface area contributed by atoms with E-state index in [1.54, 1.807) is 13.0 Å². The lowest BCUT2D eigenvalue weighted by Crippen LogP contribution is -2.18. The first-order valence-electron chi connectivity index (χ1n) is 11.8. The molecule has 9 heteroatoms. The Morgan fingerprint density at radius 1 is 1.34 bits per heavy atom. The van der Waals surface area contributed by atoms with E-state index in [4.69, 9.17) is 4.74 Å². The normalized spacial score (nSPS) is 14.9. The molecule has 1 aromatic carbocycles. The largest absolute Gasteiger partial charge is 0.462 e. The zero-order valence-electron chi connectivity index (χ0n) is 20.3. The summed E-state index contributed by atoms with van der Waals surface area (Å²) in [4.78, 5) is 26.8. The molecule has 4 rings (SSSR count). The van der Waals surface area contributed by atoms with Gasteiger partial charge in [-0.3, -0.25) is 9.36 Å². The molecule has 0 fully saturated rings. The summed E-state index contributed by atoms with van der Waals surface area (Å²) in [7, 11) is 0. The summed E-state index contributed by atoms with van der Waals surface area (Å²) in [5.74, 6) is 0.892. The minimum atomic E-state index is -0.365. The number of allylic oxidation sites excluding steroid dienone is 1. The van der Waals surface area contributed by atoms with Gasteiger partial charge < -0.3 is 10.1 Å². The Morgan fingerprint density at radius 2 is 2.14 bits per heavy atom.